The third kappa shape index (κ3) is 3.50. The van der Waals surface area contributed by atoms with Crippen LogP contribution in [0.25, 0.3) is 0 Å². The van der Waals surface area contributed by atoms with Crippen LogP contribution in [0.4, 0.5) is 10.5 Å². The van der Waals surface area contributed by atoms with Crippen molar-refractivity contribution in [3.8, 4) is 5.75 Å². The van der Waals surface area contributed by atoms with Crippen molar-refractivity contribution in [1.29, 1.82) is 0 Å². The van der Waals surface area contributed by atoms with E-state index in [-0.39, 0.29) is 0 Å². The summed E-state index contributed by atoms with van der Waals surface area (Å²) in [6, 6.07) is 11.9. The van der Waals surface area contributed by atoms with Crippen LogP contribution in [0.3, 0.4) is 0 Å². The zero-order valence-corrected chi connectivity index (χ0v) is 17.3. The van der Waals surface area contributed by atoms with Gasteiger partial charge in [-0.25, -0.2) is 4.79 Å². The van der Waals surface area contributed by atoms with Gasteiger partial charge < -0.3 is 15.4 Å². The number of hydrogen-bond donors (Lipinski definition) is 2. The lowest BCUT2D eigenvalue weighted by atomic mass is 9.84. The molecule has 2 aromatic carbocycles. The third-order valence-corrected chi connectivity index (χ3v) is 5.87. The molecule has 2 N–H and O–H groups in total. The molecule has 30 heavy (non-hydrogen) atoms. The predicted molar refractivity (Wildman–Crippen MR) is 113 cm³/mol. The quantitative estimate of drug-likeness (QED) is 0.731. The molecule has 0 unspecified atom stereocenters. The second-order valence-electron chi connectivity index (χ2n) is 7.48. The molecular weight excluding hydrogens is 406 g/mol. The first-order valence-corrected chi connectivity index (χ1v) is 10.2. The fraction of sp³-hybridized carbons (Fsp3) is 0.318. The molecule has 0 saturated carbocycles. The first-order valence-electron chi connectivity index (χ1n) is 9.80. The molecule has 8 heteroatoms. The van der Waals surface area contributed by atoms with Gasteiger partial charge in [-0.3, -0.25) is 14.5 Å². The Hall–Kier alpha value is -3.06. The van der Waals surface area contributed by atoms with E-state index in [0.717, 1.165) is 35.3 Å². The van der Waals surface area contributed by atoms with Crippen molar-refractivity contribution < 1.29 is 19.1 Å². The number of benzene rings is 2. The Morgan fingerprint density at radius 1 is 1.23 bits per heavy atom. The minimum absolute atomic E-state index is 0.372. The van der Waals surface area contributed by atoms with Crippen molar-refractivity contribution in [3.63, 3.8) is 0 Å². The summed E-state index contributed by atoms with van der Waals surface area (Å²) in [6.07, 6.45) is 3.11. The highest BCUT2D eigenvalue weighted by Crippen LogP contribution is 2.39. The van der Waals surface area contributed by atoms with Gasteiger partial charge in [-0.05, 0) is 55.0 Å². The van der Waals surface area contributed by atoms with Crippen molar-refractivity contribution in [2.45, 2.75) is 31.2 Å². The molecule has 2 aliphatic rings. The Labute approximate surface area is 179 Å². The van der Waals surface area contributed by atoms with Crippen LogP contribution in [0.5, 0.6) is 5.75 Å². The summed E-state index contributed by atoms with van der Waals surface area (Å²) in [4.78, 5) is 39.7. The van der Waals surface area contributed by atoms with E-state index in [1.807, 2.05) is 24.3 Å². The van der Waals surface area contributed by atoms with E-state index in [0.29, 0.717) is 22.9 Å². The molecule has 4 amide bonds. The lowest BCUT2D eigenvalue weighted by molar-refractivity contribution is -0.134. The van der Waals surface area contributed by atoms with E-state index in [2.05, 4.69) is 10.6 Å². The van der Waals surface area contributed by atoms with Gasteiger partial charge in [-0.2, -0.15) is 0 Å². The molecule has 156 valence electrons. The molecule has 1 spiro atoms. The van der Waals surface area contributed by atoms with Crippen LogP contribution in [-0.4, -0.2) is 36.4 Å². The average Bonchev–Trinajstić information content (AvgIpc) is 2.87. The molecule has 1 fully saturated rings. The summed E-state index contributed by atoms with van der Waals surface area (Å²) < 4.78 is 5.22. The Balaban J connectivity index is 1.57. The summed E-state index contributed by atoms with van der Waals surface area (Å²) in [6.45, 7) is -0.399. The Kier molecular flexibility index (Phi) is 5.39. The number of nitrogens with one attached hydrogen (secondary N) is 2. The Morgan fingerprint density at radius 3 is 2.83 bits per heavy atom. The number of fused-ring (bicyclic) bond motifs is 2. The zero-order valence-electron chi connectivity index (χ0n) is 16.5. The summed E-state index contributed by atoms with van der Waals surface area (Å²) in [5, 5.41) is 5.97. The predicted octanol–water partition coefficient (Wildman–Crippen LogP) is 3.46. The molecule has 1 heterocycles. The summed E-state index contributed by atoms with van der Waals surface area (Å²) in [5.74, 6) is -0.479. The van der Waals surface area contributed by atoms with Gasteiger partial charge in [0.05, 0.1) is 12.8 Å². The minimum atomic E-state index is -1.11. The largest absolute Gasteiger partial charge is 0.495 e. The van der Waals surface area contributed by atoms with Crippen molar-refractivity contribution in [2.24, 2.45) is 0 Å². The number of rotatable bonds is 4. The van der Waals surface area contributed by atoms with Crippen LogP contribution in [0, 0.1) is 0 Å². The minimum Gasteiger partial charge on any atom is -0.495 e. The molecule has 1 aliphatic carbocycles. The number of imide groups is 1. The van der Waals surface area contributed by atoms with Gasteiger partial charge in [-0.1, -0.05) is 35.9 Å². The first kappa shape index (κ1) is 20.2. The van der Waals surface area contributed by atoms with Gasteiger partial charge in [0.15, 0.2) is 0 Å². The van der Waals surface area contributed by atoms with E-state index in [4.69, 9.17) is 16.3 Å². The van der Waals surface area contributed by atoms with Crippen LogP contribution in [0.2, 0.25) is 5.02 Å². The van der Waals surface area contributed by atoms with Crippen molar-refractivity contribution in [3.05, 3.63) is 58.6 Å². The first-order chi connectivity index (χ1) is 14.4. The summed E-state index contributed by atoms with van der Waals surface area (Å²) in [7, 11) is 1.48. The van der Waals surface area contributed by atoms with E-state index in [1.165, 1.54) is 7.11 Å². The molecule has 7 nitrogen and oxygen atoms in total. The number of carbonyl (C=O) groups is 3. The standard InChI is InChI=1S/C22H22ClN3O4/c1-30-18-10-9-15(23)12-17(18)24-19(27)13-26-20(28)22(25-21(26)29)11-5-4-7-14-6-2-3-8-16(14)22/h2-3,6,8-10,12H,4-5,7,11,13H2,1H3,(H,24,27)(H,25,29)/t22-/m0/s1. The number of nitrogens with zero attached hydrogens (tertiary/aromatic N) is 1. The number of ether oxygens (including phenoxy) is 1. The highest BCUT2D eigenvalue weighted by atomic mass is 35.5. The fourth-order valence-corrected chi connectivity index (χ4v) is 4.40. The molecule has 1 saturated heterocycles. The van der Waals surface area contributed by atoms with Crippen LogP contribution in [-0.2, 0) is 21.5 Å². The number of urea groups is 1. The van der Waals surface area contributed by atoms with Crippen LogP contribution >= 0.6 is 11.6 Å². The molecule has 2 aromatic rings. The fourth-order valence-electron chi connectivity index (χ4n) is 4.23. The number of methoxy groups -OCH3 is 1. The Morgan fingerprint density at radius 2 is 2.03 bits per heavy atom. The van der Waals surface area contributed by atoms with Gasteiger partial charge in [-0.15, -0.1) is 0 Å². The summed E-state index contributed by atoms with van der Waals surface area (Å²) in [5.41, 5.74) is 1.13. The maximum Gasteiger partial charge on any atom is 0.325 e. The van der Waals surface area contributed by atoms with Gasteiger partial charge >= 0.3 is 6.03 Å². The number of anilines is 1. The van der Waals surface area contributed by atoms with E-state index >= 15 is 0 Å². The molecule has 0 radical (unpaired) electrons. The van der Waals surface area contributed by atoms with Crippen molar-refractivity contribution in [2.75, 3.05) is 19.0 Å². The van der Waals surface area contributed by atoms with E-state index < -0.39 is 29.9 Å². The molecule has 1 atom stereocenters. The Bertz CT molecular complexity index is 1030. The van der Waals surface area contributed by atoms with Gasteiger partial charge in [0, 0.05) is 5.02 Å². The van der Waals surface area contributed by atoms with Crippen LogP contribution in [0.1, 0.15) is 30.4 Å². The van der Waals surface area contributed by atoms with Gasteiger partial charge in [0.25, 0.3) is 5.91 Å². The maximum atomic E-state index is 13.4. The van der Waals surface area contributed by atoms with Gasteiger partial charge in [0.1, 0.15) is 17.8 Å². The average molecular weight is 428 g/mol. The molecule has 4 rings (SSSR count). The molecule has 0 aromatic heterocycles. The highest BCUT2D eigenvalue weighted by molar-refractivity contribution is 6.31. The lowest BCUT2D eigenvalue weighted by Crippen LogP contribution is -2.44. The topological polar surface area (TPSA) is 87.7 Å². The second kappa shape index (κ2) is 7.99. The number of halogens is 1. The van der Waals surface area contributed by atoms with Crippen molar-refractivity contribution >= 4 is 35.1 Å². The third-order valence-electron chi connectivity index (χ3n) is 5.64. The summed E-state index contributed by atoms with van der Waals surface area (Å²) >= 11 is 6.00. The van der Waals surface area contributed by atoms with Crippen LogP contribution < -0.4 is 15.4 Å². The van der Waals surface area contributed by atoms with Gasteiger partial charge in [0.2, 0.25) is 5.91 Å². The molecule has 1 aliphatic heterocycles. The smallest absolute Gasteiger partial charge is 0.325 e. The molecular formula is C22H22ClN3O4. The zero-order chi connectivity index (χ0) is 21.3. The van der Waals surface area contributed by atoms with E-state index in [1.54, 1.807) is 18.2 Å². The van der Waals surface area contributed by atoms with E-state index in [9.17, 15) is 14.4 Å². The monoisotopic (exact) mass is 427 g/mol. The molecule has 0 bridgehead atoms. The number of hydrogen-bond acceptors (Lipinski definition) is 4. The normalized spacial score (nSPS) is 20.5. The highest BCUT2D eigenvalue weighted by Gasteiger charge is 2.53. The number of carbonyl (C=O) groups excluding carboxylic acids is 3. The second-order valence-corrected chi connectivity index (χ2v) is 7.92. The lowest BCUT2D eigenvalue weighted by Gasteiger charge is -2.27. The SMILES string of the molecule is COc1ccc(Cl)cc1NC(=O)CN1C(=O)N[C@]2(CCCCc3ccccc32)C1=O. The number of aryl methyl sites for hydroxylation is 1. The van der Waals surface area contributed by atoms with Crippen molar-refractivity contribution in [1.82, 2.24) is 10.2 Å². The maximum absolute atomic E-state index is 13.4. The van der Waals surface area contributed by atoms with Crippen LogP contribution in [0.15, 0.2) is 42.5 Å². The number of amides is 4.